The molecule has 3 aliphatic rings. The Balaban J connectivity index is 1.44. The second kappa shape index (κ2) is 11.2. The summed E-state index contributed by atoms with van der Waals surface area (Å²) in [5.74, 6) is -3.22. The maximum atomic E-state index is 14.1. The number of carbonyl (C=O) groups excluding carboxylic acids is 3. The van der Waals surface area contributed by atoms with E-state index in [2.05, 4.69) is 20.8 Å². The van der Waals surface area contributed by atoms with E-state index in [4.69, 9.17) is 4.74 Å². The minimum absolute atomic E-state index is 0.151. The third kappa shape index (κ3) is 5.39. The van der Waals surface area contributed by atoms with Gasteiger partial charge in [0.1, 0.15) is 11.8 Å². The molecule has 0 saturated carbocycles. The van der Waals surface area contributed by atoms with Crippen LogP contribution in [0.3, 0.4) is 0 Å². The van der Waals surface area contributed by atoms with Crippen molar-refractivity contribution in [1.82, 2.24) is 9.47 Å². The molecule has 4 heterocycles. The van der Waals surface area contributed by atoms with Crippen LogP contribution in [-0.4, -0.2) is 58.7 Å². The van der Waals surface area contributed by atoms with E-state index in [9.17, 15) is 32.3 Å². The molecular weight excluding hydrogens is 615 g/mol. The molecule has 3 amide bonds. The summed E-state index contributed by atoms with van der Waals surface area (Å²) in [6, 6.07) is 11.8. The van der Waals surface area contributed by atoms with Gasteiger partial charge in [0, 0.05) is 23.9 Å². The SMILES string of the molecule is CC(C)(C)c1ccc([C@@H]2c3sc(=O)n(CC(=O)N4CCOCC4)c3SC3C(=O)N(c4cccc(C(F)(F)F)c4)C(=O)C32)cc1. The van der Waals surface area contributed by atoms with Gasteiger partial charge in [-0.05, 0) is 34.7 Å². The molecule has 3 aliphatic heterocycles. The topological polar surface area (TPSA) is 88.9 Å². The Morgan fingerprint density at radius 1 is 0.955 bits per heavy atom. The van der Waals surface area contributed by atoms with Crippen molar-refractivity contribution in [2.24, 2.45) is 5.92 Å². The fourth-order valence-corrected chi connectivity index (χ4v) is 8.70. The van der Waals surface area contributed by atoms with E-state index in [1.165, 1.54) is 16.7 Å². The number of hydrogen-bond acceptors (Lipinski definition) is 7. The molecule has 8 nitrogen and oxygen atoms in total. The largest absolute Gasteiger partial charge is 0.416 e. The Kier molecular flexibility index (Phi) is 7.78. The van der Waals surface area contributed by atoms with E-state index < -0.39 is 40.6 Å². The predicted molar refractivity (Wildman–Crippen MR) is 160 cm³/mol. The highest BCUT2D eigenvalue weighted by Gasteiger charge is 2.57. The number of rotatable bonds is 4. The van der Waals surface area contributed by atoms with Crippen LogP contribution in [0.15, 0.2) is 58.4 Å². The second-order valence-electron chi connectivity index (χ2n) is 12.1. The monoisotopic (exact) mass is 645 g/mol. The molecule has 0 aliphatic carbocycles. The Hall–Kier alpha value is -3.42. The molecule has 2 saturated heterocycles. The van der Waals surface area contributed by atoms with Crippen molar-refractivity contribution >= 4 is 46.5 Å². The zero-order chi connectivity index (χ0) is 31.6. The number of morpholine rings is 1. The number of thioether (sulfide) groups is 1. The van der Waals surface area contributed by atoms with E-state index in [1.54, 1.807) is 4.90 Å². The van der Waals surface area contributed by atoms with Gasteiger partial charge in [0.15, 0.2) is 0 Å². The summed E-state index contributed by atoms with van der Waals surface area (Å²) in [7, 11) is 0. The average molecular weight is 646 g/mol. The summed E-state index contributed by atoms with van der Waals surface area (Å²) in [6.07, 6.45) is -4.66. The summed E-state index contributed by atoms with van der Waals surface area (Å²) in [6.45, 7) is 7.57. The molecule has 3 atom stereocenters. The molecule has 2 aromatic carbocycles. The lowest BCUT2D eigenvalue weighted by Crippen LogP contribution is -2.43. The maximum Gasteiger partial charge on any atom is 0.416 e. The molecule has 0 radical (unpaired) electrons. The number of aromatic nitrogens is 1. The molecule has 1 aromatic heterocycles. The molecule has 3 aromatic rings. The lowest BCUT2D eigenvalue weighted by Gasteiger charge is -2.31. The van der Waals surface area contributed by atoms with Gasteiger partial charge < -0.3 is 9.64 Å². The molecule has 2 unspecified atom stereocenters. The number of imide groups is 1. The van der Waals surface area contributed by atoms with Crippen molar-refractivity contribution in [1.29, 1.82) is 0 Å². The Labute approximate surface area is 259 Å². The van der Waals surface area contributed by atoms with Crippen molar-refractivity contribution in [3.63, 3.8) is 0 Å². The normalized spacial score (nSPS) is 22.3. The van der Waals surface area contributed by atoms with Crippen LogP contribution in [0.1, 0.15) is 48.3 Å². The molecule has 0 N–H and O–H groups in total. The van der Waals surface area contributed by atoms with Crippen molar-refractivity contribution in [3.8, 4) is 0 Å². The van der Waals surface area contributed by atoms with Crippen LogP contribution in [0.25, 0.3) is 0 Å². The number of hydrogen-bond donors (Lipinski definition) is 0. The van der Waals surface area contributed by atoms with E-state index in [-0.39, 0.29) is 28.4 Å². The quantitative estimate of drug-likeness (QED) is 0.376. The van der Waals surface area contributed by atoms with Gasteiger partial charge in [-0.15, -0.1) is 0 Å². The first-order valence-corrected chi connectivity index (χ1v) is 15.9. The number of alkyl halides is 3. The van der Waals surface area contributed by atoms with E-state index in [0.717, 1.165) is 45.7 Å². The predicted octanol–water partition coefficient (Wildman–Crippen LogP) is 4.88. The van der Waals surface area contributed by atoms with E-state index in [1.807, 2.05) is 24.3 Å². The summed E-state index contributed by atoms with van der Waals surface area (Å²) in [4.78, 5) is 57.1. The average Bonchev–Trinajstić information content (AvgIpc) is 3.43. The summed E-state index contributed by atoms with van der Waals surface area (Å²) in [5.41, 5.74) is 0.470. The smallest absolute Gasteiger partial charge is 0.378 e. The fraction of sp³-hybridized carbons (Fsp3) is 0.419. The van der Waals surface area contributed by atoms with Crippen LogP contribution in [0.5, 0.6) is 0 Å². The molecule has 13 heteroatoms. The number of anilines is 1. The maximum absolute atomic E-state index is 14.1. The first-order valence-electron chi connectivity index (χ1n) is 14.2. The molecule has 2 fully saturated rings. The summed E-state index contributed by atoms with van der Waals surface area (Å²) >= 11 is 1.97. The third-order valence-corrected chi connectivity index (χ3v) is 10.9. The lowest BCUT2D eigenvalue weighted by molar-refractivity contribution is -0.138. The highest BCUT2D eigenvalue weighted by atomic mass is 32.2. The van der Waals surface area contributed by atoms with Gasteiger partial charge >= 0.3 is 11.0 Å². The lowest BCUT2D eigenvalue weighted by atomic mass is 9.81. The van der Waals surface area contributed by atoms with Gasteiger partial charge in [-0.2, -0.15) is 13.2 Å². The van der Waals surface area contributed by atoms with Gasteiger partial charge in [0.05, 0.1) is 35.4 Å². The number of amides is 3. The second-order valence-corrected chi connectivity index (χ2v) is 14.2. The van der Waals surface area contributed by atoms with Crippen molar-refractivity contribution in [2.75, 3.05) is 31.2 Å². The Bertz CT molecular complexity index is 1690. The summed E-state index contributed by atoms with van der Waals surface area (Å²) < 4.78 is 47.3. The molecule has 6 rings (SSSR count). The van der Waals surface area contributed by atoms with Gasteiger partial charge in [0.2, 0.25) is 17.7 Å². The van der Waals surface area contributed by atoms with Gasteiger partial charge in [-0.3, -0.25) is 23.7 Å². The first-order chi connectivity index (χ1) is 20.8. The summed E-state index contributed by atoms with van der Waals surface area (Å²) in [5, 5.41) is -0.574. The number of fused-ring (bicyclic) bond motifs is 2. The molecule has 0 spiro atoms. The van der Waals surface area contributed by atoms with Gasteiger partial charge in [-0.25, -0.2) is 4.90 Å². The zero-order valence-corrected chi connectivity index (χ0v) is 25.9. The molecule has 0 bridgehead atoms. The van der Waals surface area contributed by atoms with E-state index >= 15 is 0 Å². The minimum Gasteiger partial charge on any atom is -0.378 e. The van der Waals surface area contributed by atoms with Crippen LogP contribution in [0, 0.1) is 5.92 Å². The Morgan fingerprint density at radius 3 is 2.27 bits per heavy atom. The minimum atomic E-state index is -4.66. The van der Waals surface area contributed by atoms with Crippen LogP contribution < -0.4 is 9.77 Å². The van der Waals surface area contributed by atoms with Crippen LogP contribution in [0.2, 0.25) is 0 Å². The Morgan fingerprint density at radius 2 is 1.64 bits per heavy atom. The van der Waals surface area contributed by atoms with Crippen molar-refractivity contribution in [2.45, 2.75) is 55.1 Å². The highest BCUT2D eigenvalue weighted by Crippen LogP contribution is 2.54. The van der Waals surface area contributed by atoms with Crippen LogP contribution >= 0.6 is 23.1 Å². The van der Waals surface area contributed by atoms with Crippen LogP contribution in [0.4, 0.5) is 18.9 Å². The van der Waals surface area contributed by atoms with E-state index in [0.29, 0.717) is 41.8 Å². The number of carbonyl (C=O) groups is 3. The van der Waals surface area contributed by atoms with Gasteiger partial charge in [-0.1, -0.05) is 74.2 Å². The van der Waals surface area contributed by atoms with Crippen LogP contribution in [-0.2, 0) is 37.3 Å². The van der Waals surface area contributed by atoms with Crippen molar-refractivity contribution < 1.29 is 32.3 Å². The van der Waals surface area contributed by atoms with Crippen molar-refractivity contribution in [3.05, 3.63) is 79.8 Å². The van der Waals surface area contributed by atoms with Gasteiger partial charge in [0.25, 0.3) is 0 Å². The third-order valence-electron chi connectivity index (χ3n) is 8.27. The number of halogens is 3. The molecule has 44 heavy (non-hydrogen) atoms. The fourth-order valence-electron chi connectivity index (χ4n) is 5.93. The molecule has 232 valence electrons. The number of nitrogens with zero attached hydrogens (tertiary/aromatic N) is 3. The number of benzene rings is 2. The highest BCUT2D eigenvalue weighted by molar-refractivity contribution is 8.00. The standard InChI is InChI=1S/C31H30F3N3O5S2/c1-30(2,3)18-9-7-17(8-10-18)22-23-24(27(40)37(26(23)39)20-6-4-5-19(15-20)31(32,33)34)43-28-25(22)44-29(41)36(28)16-21(38)35-11-13-42-14-12-35/h4-10,15,22-24H,11-14,16H2,1-3H3/t22-,23?,24?/m0/s1. The zero-order valence-electron chi connectivity index (χ0n) is 24.2. The first kappa shape index (κ1) is 30.6. The number of ether oxygens (including phenoxy) is 1. The number of thiazole rings is 1. The molecular formula is C31H30F3N3O5S2.